The van der Waals surface area contributed by atoms with Crippen molar-refractivity contribution in [1.29, 1.82) is 0 Å². The minimum atomic E-state index is -3.66. The first-order valence-corrected chi connectivity index (χ1v) is 6.21. The lowest BCUT2D eigenvalue weighted by molar-refractivity contribution is -0.182. The van der Waals surface area contributed by atoms with Gasteiger partial charge in [-0.15, -0.1) is 11.3 Å². The zero-order chi connectivity index (χ0) is 10.4. The van der Waals surface area contributed by atoms with E-state index in [1.807, 2.05) is 0 Å². The van der Waals surface area contributed by atoms with Gasteiger partial charge in [-0.1, -0.05) is 0 Å². The fourth-order valence-electron chi connectivity index (χ4n) is 1.16. The monoisotopic (exact) mass is 235 g/mol. The Bertz CT molecular complexity index is 446. The lowest BCUT2D eigenvalue weighted by Crippen LogP contribution is -2.45. The Morgan fingerprint density at radius 3 is 2.50 bits per heavy atom. The maximum Gasteiger partial charge on any atom is 0.247 e. The van der Waals surface area contributed by atoms with Crippen LogP contribution in [-0.2, 0) is 20.4 Å². The molecule has 1 aliphatic rings. The van der Waals surface area contributed by atoms with Gasteiger partial charge in [0, 0.05) is 4.88 Å². The van der Waals surface area contributed by atoms with E-state index < -0.39 is 15.6 Å². The Labute approximate surface area is 85.2 Å². The molecule has 14 heavy (non-hydrogen) atoms. The molecule has 1 saturated heterocycles. The lowest BCUT2D eigenvalue weighted by atomic mass is 10.0. The van der Waals surface area contributed by atoms with Gasteiger partial charge in [0.05, 0.1) is 13.2 Å². The first kappa shape index (κ1) is 10.1. The summed E-state index contributed by atoms with van der Waals surface area (Å²) in [6.07, 6.45) is 0. The number of primary sulfonamides is 1. The molecule has 1 fully saturated rings. The minimum Gasteiger partial charge on any atom is -0.379 e. The molecule has 0 aliphatic carbocycles. The lowest BCUT2D eigenvalue weighted by Gasteiger charge is -2.35. The summed E-state index contributed by atoms with van der Waals surface area (Å²) in [7, 11) is -3.66. The van der Waals surface area contributed by atoms with Crippen LogP contribution in [0.2, 0.25) is 0 Å². The van der Waals surface area contributed by atoms with Gasteiger partial charge in [0.15, 0.2) is 0 Å². The largest absolute Gasteiger partial charge is 0.379 e. The molecule has 78 valence electrons. The van der Waals surface area contributed by atoms with E-state index in [9.17, 15) is 13.5 Å². The zero-order valence-corrected chi connectivity index (χ0v) is 8.77. The van der Waals surface area contributed by atoms with Gasteiger partial charge < -0.3 is 9.84 Å². The fraction of sp³-hybridized carbons (Fsp3) is 0.429. The molecule has 5 nitrogen and oxygen atoms in total. The van der Waals surface area contributed by atoms with Crippen LogP contribution in [0.5, 0.6) is 0 Å². The van der Waals surface area contributed by atoms with Crippen LogP contribution in [0.4, 0.5) is 0 Å². The first-order chi connectivity index (χ1) is 6.42. The van der Waals surface area contributed by atoms with Crippen molar-refractivity contribution in [2.75, 3.05) is 13.2 Å². The summed E-state index contributed by atoms with van der Waals surface area (Å²) in [6, 6.07) is 2.96. The van der Waals surface area contributed by atoms with Crippen molar-refractivity contribution in [3.05, 3.63) is 17.0 Å². The van der Waals surface area contributed by atoms with E-state index in [1.165, 1.54) is 6.07 Å². The van der Waals surface area contributed by atoms with Crippen molar-refractivity contribution in [1.82, 2.24) is 0 Å². The summed E-state index contributed by atoms with van der Waals surface area (Å²) in [6.45, 7) is 0.412. The number of rotatable bonds is 2. The third-order valence-electron chi connectivity index (χ3n) is 2.00. The van der Waals surface area contributed by atoms with Gasteiger partial charge >= 0.3 is 0 Å². The molecule has 0 amide bonds. The van der Waals surface area contributed by atoms with Crippen LogP contribution in [0.25, 0.3) is 0 Å². The van der Waals surface area contributed by atoms with Gasteiger partial charge in [-0.2, -0.15) is 0 Å². The van der Waals surface area contributed by atoms with Gasteiger partial charge in [0.1, 0.15) is 9.81 Å². The highest BCUT2D eigenvalue weighted by Gasteiger charge is 2.39. The molecule has 2 rings (SSSR count). The van der Waals surface area contributed by atoms with E-state index in [0.29, 0.717) is 4.88 Å². The highest BCUT2D eigenvalue weighted by atomic mass is 32.2. The second kappa shape index (κ2) is 3.01. The molecule has 0 spiro atoms. The predicted molar refractivity (Wildman–Crippen MR) is 50.4 cm³/mol. The van der Waals surface area contributed by atoms with Crippen LogP contribution in [0.15, 0.2) is 16.3 Å². The zero-order valence-electron chi connectivity index (χ0n) is 7.13. The summed E-state index contributed by atoms with van der Waals surface area (Å²) in [5.74, 6) is 0. The minimum absolute atomic E-state index is 0.0628. The van der Waals surface area contributed by atoms with Crippen LogP contribution >= 0.6 is 11.3 Å². The van der Waals surface area contributed by atoms with E-state index in [1.54, 1.807) is 6.07 Å². The molecule has 0 aromatic carbocycles. The number of hydrogen-bond donors (Lipinski definition) is 2. The van der Waals surface area contributed by atoms with E-state index in [4.69, 9.17) is 9.88 Å². The second-order valence-corrected chi connectivity index (χ2v) is 6.06. The fourth-order valence-corrected chi connectivity index (χ4v) is 2.95. The number of sulfonamides is 1. The molecule has 0 saturated carbocycles. The number of aliphatic hydroxyl groups is 1. The van der Waals surface area contributed by atoms with Crippen LogP contribution < -0.4 is 5.14 Å². The van der Waals surface area contributed by atoms with Crippen molar-refractivity contribution in [3.63, 3.8) is 0 Å². The van der Waals surface area contributed by atoms with Crippen LogP contribution in [0.3, 0.4) is 0 Å². The van der Waals surface area contributed by atoms with Gasteiger partial charge in [0.2, 0.25) is 10.0 Å². The summed E-state index contributed by atoms with van der Waals surface area (Å²) in [4.78, 5) is 0.577. The van der Waals surface area contributed by atoms with Gasteiger partial charge in [0.25, 0.3) is 0 Å². The van der Waals surface area contributed by atoms with Gasteiger partial charge in [-0.3, -0.25) is 0 Å². The predicted octanol–water partition coefficient (Wildman–Crippen LogP) is -0.387. The van der Waals surface area contributed by atoms with Crippen molar-refractivity contribution in [2.45, 2.75) is 9.81 Å². The maximum atomic E-state index is 11.0. The Morgan fingerprint density at radius 1 is 1.50 bits per heavy atom. The number of nitrogens with two attached hydrogens (primary N) is 1. The van der Waals surface area contributed by atoms with Crippen LogP contribution in [0, 0.1) is 0 Å². The van der Waals surface area contributed by atoms with E-state index >= 15 is 0 Å². The molecular weight excluding hydrogens is 226 g/mol. The Kier molecular flexibility index (Phi) is 2.16. The molecule has 0 bridgehead atoms. The quantitative estimate of drug-likeness (QED) is 0.730. The Balaban J connectivity index is 2.35. The molecule has 2 heterocycles. The number of thiophene rings is 1. The smallest absolute Gasteiger partial charge is 0.247 e. The highest BCUT2D eigenvalue weighted by molar-refractivity contribution is 7.91. The van der Waals surface area contributed by atoms with Crippen molar-refractivity contribution in [2.24, 2.45) is 5.14 Å². The van der Waals surface area contributed by atoms with Gasteiger partial charge in [-0.05, 0) is 12.1 Å². The molecule has 1 aromatic rings. The van der Waals surface area contributed by atoms with Gasteiger partial charge in [-0.25, -0.2) is 13.6 Å². The molecule has 7 heteroatoms. The van der Waals surface area contributed by atoms with Crippen molar-refractivity contribution in [3.8, 4) is 0 Å². The second-order valence-electron chi connectivity index (χ2n) is 3.19. The summed E-state index contributed by atoms with van der Waals surface area (Å²) in [5.41, 5.74) is -1.02. The topological polar surface area (TPSA) is 89.6 Å². The Hall–Kier alpha value is -0.470. The molecular formula is C7H9NO4S2. The highest BCUT2D eigenvalue weighted by Crippen LogP contribution is 2.35. The summed E-state index contributed by atoms with van der Waals surface area (Å²) < 4.78 is 26.8. The van der Waals surface area contributed by atoms with E-state index in [0.717, 1.165) is 11.3 Å². The van der Waals surface area contributed by atoms with E-state index in [2.05, 4.69) is 0 Å². The van der Waals surface area contributed by atoms with E-state index in [-0.39, 0.29) is 17.4 Å². The molecule has 1 aliphatic heterocycles. The summed E-state index contributed by atoms with van der Waals surface area (Å²) in [5, 5.41) is 14.8. The van der Waals surface area contributed by atoms with Crippen LogP contribution in [0.1, 0.15) is 4.88 Å². The SMILES string of the molecule is NS(=O)(=O)c1ccc(C2(O)COC2)s1. The number of ether oxygens (including phenoxy) is 1. The number of hydrogen-bond acceptors (Lipinski definition) is 5. The molecule has 0 radical (unpaired) electrons. The normalized spacial score (nSPS) is 20.4. The molecule has 0 unspecified atom stereocenters. The molecule has 0 atom stereocenters. The third kappa shape index (κ3) is 1.57. The average Bonchev–Trinajstić information content (AvgIpc) is 2.46. The summed E-state index contributed by atoms with van der Waals surface area (Å²) >= 11 is 0.980. The van der Waals surface area contributed by atoms with Crippen molar-refractivity contribution < 1.29 is 18.3 Å². The van der Waals surface area contributed by atoms with Crippen molar-refractivity contribution >= 4 is 21.4 Å². The molecule has 3 N–H and O–H groups in total. The average molecular weight is 235 g/mol. The third-order valence-corrected chi connectivity index (χ3v) is 4.72. The van der Waals surface area contributed by atoms with Crippen LogP contribution in [-0.4, -0.2) is 26.7 Å². The molecule has 1 aromatic heterocycles. The first-order valence-electron chi connectivity index (χ1n) is 3.85. The Morgan fingerprint density at radius 2 is 2.14 bits per heavy atom. The maximum absolute atomic E-state index is 11.0. The standard InChI is InChI=1S/C7H9NO4S2/c8-14(10,11)6-2-1-5(13-6)7(9)3-12-4-7/h1-2,9H,3-4H2,(H2,8,10,11).